The lowest BCUT2D eigenvalue weighted by molar-refractivity contribution is -0.139. The number of benzene rings is 1. The lowest BCUT2D eigenvalue weighted by atomic mass is 10.1. The van der Waals surface area contributed by atoms with Crippen molar-refractivity contribution in [3.8, 4) is 5.75 Å². The number of hydrogen-bond acceptors (Lipinski definition) is 5. The van der Waals surface area contributed by atoms with Crippen LogP contribution < -0.4 is 10.1 Å². The van der Waals surface area contributed by atoms with Crippen LogP contribution in [0.1, 0.15) is 23.2 Å². The maximum atomic E-state index is 12.3. The second kappa shape index (κ2) is 8.14. The molecule has 0 aliphatic carbocycles. The van der Waals surface area contributed by atoms with Gasteiger partial charge in [0, 0.05) is 24.5 Å². The molecular weight excluding hydrogens is 350 g/mol. The second-order valence-corrected chi connectivity index (χ2v) is 7.11. The Hall–Kier alpha value is -2.67. The summed E-state index contributed by atoms with van der Waals surface area (Å²) in [6.07, 6.45) is 3.24. The van der Waals surface area contributed by atoms with Crippen molar-refractivity contribution >= 4 is 29.2 Å². The summed E-state index contributed by atoms with van der Waals surface area (Å²) in [5.74, 6) is 0.429. The number of nitrogens with zero attached hydrogens (tertiary/aromatic N) is 2. The summed E-state index contributed by atoms with van der Waals surface area (Å²) in [7, 11) is 0. The van der Waals surface area contributed by atoms with Crippen LogP contribution in [0.4, 0.5) is 0 Å². The van der Waals surface area contributed by atoms with Gasteiger partial charge in [-0.3, -0.25) is 9.59 Å². The Balaban J connectivity index is 1.61. The minimum Gasteiger partial charge on any atom is -0.487 e. The fraction of sp³-hybridized carbons (Fsp3) is 0.316. The van der Waals surface area contributed by atoms with Crippen molar-refractivity contribution in [1.82, 2.24) is 15.2 Å². The lowest BCUT2D eigenvalue weighted by Crippen LogP contribution is -2.55. The first kappa shape index (κ1) is 18.1. The summed E-state index contributed by atoms with van der Waals surface area (Å²) in [6, 6.07) is 7.07. The van der Waals surface area contributed by atoms with Crippen LogP contribution in [0.2, 0.25) is 0 Å². The van der Waals surface area contributed by atoms with Gasteiger partial charge in [0.1, 0.15) is 18.4 Å². The monoisotopic (exact) mass is 371 g/mol. The van der Waals surface area contributed by atoms with Crippen molar-refractivity contribution in [3.05, 3.63) is 52.0 Å². The van der Waals surface area contributed by atoms with Crippen LogP contribution in [0.3, 0.4) is 0 Å². The minimum absolute atomic E-state index is 0.120. The van der Waals surface area contributed by atoms with E-state index in [2.05, 4.69) is 10.3 Å². The summed E-state index contributed by atoms with van der Waals surface area (Å²) in [5.41, 5.74) is 1.76. The maximum absolute atomic E-state index is 12.3. The number of aryl methyl sites for hydroxylation is 1. The van der Waals surface area contributed by atoms with E-state index in [1.54, 1.807) is 29.2 Å². The molecule has 2 heterocycles. The molecule has 0 radical (unpaired) electrons. The summed E-state index contributed by atoms with van der Waals surface area (Å²) in [5, 5.41) is 5.74. The number of amides is 2. The van der Waals surface area contributed by atoms with Gasteiger partial charge in [-0.25, -0.2) is 4.98 Å². The van der Waals surface area contributed by atoms with Crippen molar-refractivity contribution < 1.29 is 14.3 Å². The van der Waals surface area contributed by atoms with Crippen LogP contribution >= 0.6 is 11.3 Å². The molecule has 136 valence electrons. The molecule has 6 nitrogen and oxygen atoms in total. The van der Waals surface area contributed by atoms with Gasteiger partial charge in [0.2, 0.25) is 11.8 Å². The Bertz CT molecular complexity index is 831. The number of carbonyl (C=O) groups is 2. The van der Waals surface area contributed by atoms with Gasteiger partial charge in [0.15, 0.2) is 0 Å². The predicted octanol–water partition coefficient (Wildman–Crippen LogP) is 2.39. The topological polar surface area (TPSA) is 71.5 Å². The van der Waals surface area contributed by atoms with Crippen LogP contribution in [-0.2, 0) is 16.2 Å². The third-order valence-electron chi connectivity index (χ3n) is 4.11. The van der Waals surface area contributed by atoms with Gasteiger partial charge in [-0.1, -0.05) is 12.1 Å². The van der Waals surface area contributed by atoms with E-state index in [1.807, 2.05) is 36.6 Å². The number of piperazine rings is 1. The Labute approximate surface area is 156 Å². The van der Waals surface area contributed by atoms with Crippen molar-refractivity contribution in [2.75, 3.05) is 13.1 Å². The third-order valence-corrected chi connectivity index (χ3v) is 4.93. The van der Waals surface area contributed by atoms with Crippen molar-refractivity contribution in [2.24, 2.45) is 0 Å². The number of ether oxygens (including phenoxy) is 1. The van der Waals surface area contributed by atoms with Gasteiger partial charge in [-0.15, -0.1) is 11.3 Å². The molecule has 1 aromatic heterocycles. The molecule has 3 rings (SSSR count). The Morgan fingerprint density at radius 1 is 1.50 bits per heavy atom. The molecule has 1 unspecified atom stereocenters. The molecule has 2 aromatic rings. The van der Waals surface area contributed by atoms with Crippen LogP contribution in [0.5, 0.6) is 5.75 Å². The summed E-state index contributed by atoms with van der Waals surface area (Å²) in [6.45, 7) is 5.11. The summed E-state index contributed by atoms with van der Waals surface area (Å²) in [4.78, 5) is 30.0. The highest BCUT2D eigenvalue weighted by molar-refractivity contribution is 7.09. The molecular formula is C19H21N3O3S. The summed E-state index contributed by atoms with van der Waals surface area (Å²) < 4.78 is 5.76. The van der Waals surface area contributed by atoms with E-state index in [1.165, 1.54) is 6.08 Å². The van der Waals surface area contributed by atoms with Gasteiger partial charge in [-0.05, 0) is 37.6 Å². The Morgan fingerprint density at radius 2 is 2.35 bits per heavy atom. The zero-order valence-corrected chi connectivity index (χ0v) is 15.6. The molecule has 0 bridgehead atoms. The number of rotatable bonds is 5. The molecule has 1 aromatic carbocycles. The largest absolute Gasteiger partial charge is 0.487 e. The highest BCUT2D eigenvalue weighted by Crippen LogP contribution is 2.17. The van der Waals surface area contributed by atoms with Crippen LogP contribution in [0.15, 0.2) is 35.7 Å². The molecule has 26 heavy (non-hydrogen) atoms. The quantitative estimate of drug-likeness (QED) is 0.819. The predicted molar refractivity (Wildman–Crippen MR) is 101 cm³/mol. The van der Waals surface area contributed by atoms with Gasteiger partial charge < -0.3 is 15.0 Å². The average Bonchev–Trinajstić information content (AvgIpc) is 3.06. The smallest absolute Gasteiger partial charge is 0.247 e. The van der Waals surface area contributed by atoms with Gasteiger partial charge in [-0.2, -0.15) is 0 Å². The number of aromatic nitrogens is 1. The lowest BCUT2D eigenvalue weighted by Gasteiger charge is -2.31. The van der Waals surface area contributed by atoms with E-state index in [0.29, 0.717) is 19.7 Å². The molecule has 1 fully saturated rings. The Kier molecular flexibility index (Phi) is 5.68. The zero-order valence-electron chi connectivity index (χ0n) is 14.8. The van der Waals surface area contributed by atoms with Crippen molar-refractivity contribution in [2.45, 2.75) is 26.5 Å². The number of nitrogens with one attached hydrogen (secondary N) is 1. The van der Waals surface area contributed by atoms with Gasteiger partial charge in [0.05, 0.1) is 10.7 Å². The average molecular weight is 371 g/mol. The van der Waals surface area contributed by atoms with Crippen LogP contribution in [-0.4, -0.2) is 40.8 Å². The first-order valence-electron chi connectivity index (χ1n) is 8.43. The van der Waals surface area contributed by atoms with Gasteiger partial charge in [0.25, 0.3) is 0 Å². The minimum atomic E-state index is -0.447. The van der Waals surface area contributed by atoms with Crippen LogP contribution in [0.25, 0.3) is 6.08 Å². The first-order valence-corrected chi connectivity index (χ1v) is 9.31. The van der Waals surface area contributed by atoms with E-state index >= 15 is 0 Å². The summed E-state index contributed by atoms with van der Waals surface area (Å²) >= 11 is 1.59. The molecule has 1 saturated heterocycles. The standard InChI is InChI=1S/C19H21N3O3S/c1-13-19(24)20-8-9-22(13)18(23)7-6-15-4-3-5-17(10-15)25-11-16-12-26-14(2)21-16/h3-7,10,12-13H,8-9,11H2,1-2H3,(H,20,24)/b7-6+. The van der Waals surface area contributed by atoms with Crippen LogP contribution in [0, 0.1) is 6.92 Å². The van der Waals surface area contributed by atoms with E-state index in [9.17, 15) is 9.59 Å². The molecule has 1 atom stereocenters. The number of hydrogen-bond donors (Lipinski definition) is 1. The highest BCUT2D eigenvalue weighted by Gasteiger charge is 2.27. The number of thiazole rings is 1. The first-order chi connectivity index (χ1) is 12.5. The molecule has 0 saturated carbocycles. The van der Waals surface area contributed by atoms with E-state index in [-0.39, 0.29) is 11.8 Å². The molecule has 2 amide bonds. The van der Waals surface area contributed by atoms with E-state index in [4.69, 9.17) is 4.74 Å². The maximum Gasteiger partial charge on any atom is 0.247 e. The Morgan fingerprint density at radius 3 is 3.12 bits per heavy atom. The van der Waals surface area contributed by atoms with Crippen molar-refractivity contribution in [1.29, 1.82) is 0 Å². The molecule has 7 heteroatoms. The highest BCUT2D eigenvalue weighted by atomic mass is 32.1. The normalized spacial score (nSPS) is 17.4. The van der Waals surface area contributed by atoms with E-state index in [0.717, 1.165) is 22.0 Å². The molecule has 0 spiro atoms. The zero-order chi connectivity index (χ0) is 18.5. The van der Waals surface area contributed by atoms with E-state index < -0.39 is 6.04 Å². The molecule has 1 aliphatic rings. The van der Waals surface area contributed by atoms with Crippen molar-refractivity contribution in [3.63, 3.8) is 0 Å². The molecule has 1 N–H and O–H groups in total. The third kappa shape index (κ3) is 4.49. The molecule has 1 aliphatic heterocycles. The van der Waals surface area contributed by atoms with Gasteiger partial charge >= 0.3 is 0 Å². The fourth-order valence-electron chi connectivity index (χ4n) is 2.69. The second-order valence-electron chi connectivity index (χ2n) is 6.05. The fourth-order valence-corrected chi connectivity index (χ4v) is 3.28. The SMILES string of the molecule is Cc1nc(COc2cccc(/C=C/C(=O)N3CCNC(=O)C3C)c2)cs1. The number of carbonyl (C=O) groups excluding carboxylic acids is 2.